The van der Waals surface area contributed by atoms with Gasteiger partial charge in [-0.15, -0.1) is 11.3 Å². The molecule has 92 valence electrons. The molecule has 0 amide bonds. The second-order valence-electron chi connectivity index (χ2n) is 3.36. The zero-order valence-electron chi connectivity index (χ0n) is 9.13. The minimum atomic E-state index is -3.43. The number of hydrogen-bond donors (Lipinski definition) is 2. The van der Waals surface area contributed by atoms with E-state index in [0.717, 1.165) is 17.1 Å². The van der Waals surface area contributed by atoms with Gasteiger partial charge in [-0.3, -0.25) is 0 Å². The average Bonchev–Trinajstić information content (AvgIpc) is 2.65. The monoisotopic (exact) mass is 281 g/mol. The van der Waals surface area contributed by atoms with Gasteiger partial charge in [0.15, 0.2) is 0 Å². The molecule has 0 saturated carbocycles. The van der Waals surface area contributed by atoms with Crippen LogP contribution in [0.1, 0.15) is 11.8 Å². The maximum absolute atomic E-state index is 11.9. The highest BCUT2D eigenvalue weighted by Crippen LogP contribution is 2.21. The molecular weight excluding hydrogens is 266 g/mol. The molecule has 1 rings (SSSR count). The van der Waals surface area contributed by atoms with Gasteiger partial charge in [0.1, 0.15) is 4.21 Å². The highest BCUT2D eigenvalue weighted by molar-refractivity contribution is 7.98. The number of sulfonamides is 1. The smallest absolute Gasteiger partial charge is 0.250 e. The molecule has 0 fully saturated rings. The fourth-order valence-electron chi connectivity index (χ4n) is 1.19. The van der Waals surface area contributed by atoms with Crippen LogP contribution in [0.2, 0.25) is 0 Å². The number of hydrogen-bond acceptors (Lipinski definition) is 5. The molecule has 1 atom stereocenters. The third-order valence-corrected chi connectivity index (χ3v) is 5.82. The molecule has 1 heterocycles. The van der Waals surface area contributed by atoms with Crippen LogP contribution >= 0.6 is 23.1 Å². The summed E-state index contributed by atoms with van der Waals surface area (Å²) in [6.45, 7) is 1.70. The zero-order valence-corrected chi connectivity index (χ0v) is 11.6. The third kappa shape index (κ3) is 3.74. The van der Waals surface area contributed by atoms with Crippen LogP contribution < -0.4 is 4.72 Å². The van der Waals surface area contributed by atoms with E-state index in [1.165, 1.54) is 6.07 Å². The number of thiophene rings is 1. The Balaban J connectivity index is 2.77. The second-order valence-corrected chi connectivity index (χ2v) is 7.38. The minimum Gasteiger partial charge on any atom is -0.391 e. The van der Waals surface area contributed by atoms with Crippen molar-refractivity contribution < 1.29 is 13.5 Å². The van der Waals surface area contributed by atoms with Crippen molar-refractivity contribution >= 4 is 33.1 Å². The topological polar surface area (TPSA) is 66.4 Å². The van der Waals surface area contributed by atoms with Gasteiger partial charge in [-0.05, 0) is 25.3 Å². The minimum absolute atomic E-state index is 0.0975. The quantitative estimate of drug-likeness (QED) is 0.824. The third-order valence-electron chi connectivity index (χ3n) is 1.83. The van der Waals surface area contributed by atoms with Crippen LogP contribution in [0.15, 0.2) is 16.3 Å². The molecule has 0 radical (unpaired) electrons. The fraction of sp³-hybridized carbons (Fsp3) is 0.556. The lowest BCUT2D eigenvalue weighted by atomic mass is 10.4. The molecule has 0 saturated heterocycles. The summed E-state index contributed by atoms with van der Waals surface area (Å²) in [5, 5.41) is 8.87. The van der Waals surface area contributed by atoms with Crippen LogP contribution in [-0.4, -0.2) is 31.6 Å². The first-order valence-corrected chi connectivity index (χ1v) is 8.39. The fourth-order valence-corrected chi connectivity index (χ4v) is 4.36. The van der Waals surface area contributed by atoms with Gasteiger partial charge in [0.2, 0.25) is 10.0 Å². The van der Waals surface area contributed by atoms with E-state index in [1.807, 2.05) is 13.2 Å². The predicted octanol–water partition coefficient (Wildman–Crippen LogP) is 1.27. The zero-order chi connectivity index (χ0) is 12.2. The largest absolute Gasteiger partial charge is 0.391 e. The van der Waals surface area contributed by atoms with Gasteiger partial charge in [0.25, 0.3) is 0 Å². The maximum Gasteiger partial charge on any atom is 0.250 e. The van der Waals surface area contributed by atoms with E-state index < -0.39 is 10.0 Å². The van der Waals surface area contributed by atoms with Crippen LogP contribution in [0, 0.1) is 0 Å². The standard InChI is InChI=1S/C9H15NO3S3/c1-7(6-14-2)10-16(12,13)9-4-3-8(5-11)15-9/h3-4,7,10-11H,5-6H2,1-2H3. The Morgan fingerprint density at radius 1 is 1.56 bits per heavy atom. The van der Waals surface area contributed by atoms with Crippen molar-refractivity contribution in [2.75, 3.05) is 12.0 Å². The molecule has 4 nitrogen and oxygen atoms in total. The molecule has 1 unspecified atom stereocenters. The van der Waals surface area contributed by atoms with Crippen molar-refractivity contribution in [1.82, 2.24) is 4.72 Å². The molecule has 0 spiro atoms. The van der Waals surface area contributed by atoms with E-state index in [1.54, 1.807) is 17.8 Å². The Kier molecular flexibility index (Phi) is 5.26. The molecule has 7 heteroatoms. The van der Waals surface area contributed by atoms with Crippen molar-refractivity contribution in [3.63, 3.8) is 0 Å². The van der Waals surface area contributed by atoms with Crippen molar-refractivity contribution in [1.29, 1.82) is 0 Å². The van der Waals surface area contributed by atoms with Gasteiger partial charge in [-0.2, -0.15) is 11.8 Å². The summed E-state index contributed by atoms with van der Waals surface area (Å²) in [5.41, 5.74) is 0. The van der Waals surface area contributed by atoms with Gasteiger partial charge < -0.3 is 5.11 Å². The summed E-state index contributed by atoms with van der Waals surface area (Å²) in [6, 6.07) is 3.04. The molecule has 0 aliphatic heterocycles. The molecule has 0 aliphatic rings. The van der Waals surface area contributed by atoms with Crippen molar-refractivity contribution in [3.8, 4) is 0 Å². The van der Waals surface area contributed by atoms with Gasteiger partial charge in [0.05, 0.1) is 6.61 Å². The summed E-state index contributed by atoms with van der Waals surface area (Å²) >= 11 is 2.68. The van der Waals surface area contributed by atoms with E-state index in [0.29, 0.717) is 4.88 Å². The Hall–Kier alpha value is -0.0800. The van der Waals surface area contributed by atoms with Gasteiger partial charge >= 0.3 is 0 Å². The molecule has 0 bridgehead atoms. The summed E-state index contributed by atoms with van der Waals surface area (Å²) in [5.74, 6) is 0.734. The first-order valence-electron chi connectivity index (χ1n) is 4.70. The highest BCUT2D eigenvalue weighted by Gasteiger charge is 2.18. The van der Waals surface area contributed by atoms with Gasteiger partial charge in [-0.25, -0.2) is 13.1 Å². The Bertz CT molecular complexity index is 427. The molecule has 16 heavy (non-hydrogen) atoms. The predicted molar refractivity (Wildman–Crippen MR) is 68.4 cm³/mol. The van der Waals surface area contributed by atoms with Crippen molar-refractivity contribution in [2.24, 2.45) is 0 Å². The first-order chi connectivity index (χ1) is 7.49. The van der Waals surface area contributed by atoms with Crippen LogP contribution in [0.3, 0.4) is 0 Å². The summed E-state index contributed by atoms with van der Waals surface area (Å²) < 4.78 is 26.6. The average molecular weight is 281 g/mol. The second kappa shape index (κ2) is 6.02. The Labute approximate surface area is 104 Å². The first kappa shape index (κ1) is 14.0. The molecule has 2 N–H and O–H groups in total. The lowest BCUT2D eigenvalue weighted by Gasteiger charge is -2.11. The summed E-state index contributed by atoms with van der Waals surface area (Å²) in [7, 11) is -3.43. The number of aliphatic hydroxyl groups is 1. The lowest BCUT2D eigenvalue weighted by Crippen LogP contribution is -2.33. The normalized spacial score (nSPS) is 13.9. The Morgan fingerprint density at radius 2 is 2.25 bits per heavy atom. The molecule has 1 aromatic heterocycles. The van der Waals surface area contributed by atoms with Gasteiger partial charge in [-0.1, -0.05) is 0 Å². The number of aliphatic hydroxyl groups excluding tert-OH is 1. The molecule has 0 aliphatic carbocycles. The van der Waals surface area contributed by atoms with Crippen LogP contribution in [0.25, 0.3) is 0 Å². The van der Waals surface area contributed by atoms with Crippen molar-refractivity contribution in [2.45, 2.75) is 23.8 Å². The van der Waals surface area contributed by atoms with E-state index in [4.69, 9.17) is 5.11 Å². The summed E-state index contributed by atoms with van der Waals surface area (Å²) in [4.78, 5) is 0.651. The lowest BCUT2D eigenvalue weighted by molar-refractivity contribution is 0.285. The van der Waals surface area contributed by atoms with Crippen LogP contribution in [0.5, 0.6) is 0 Å². The number of nitrogens with one attached hydrogen (secondary N) is 1. The number of rotatable bonds is 6. The SMILES string of the molecule is CSCC(C)NS(=O)(=O)c1ccc(CO)s1. The van der Waals surface area contributed by atoms with E-state index in [-0.39, 0.29) is 16.9 Å². The summed E-state index contributed by atoms with van der Waals surface area (Å²) in [6.07, 6.45) is 1.93. The van der Waals surface area contributed by atoms with E-state index >= 15 is 0 Å². The number of thioether (sulfide) groups is 1. The molecule has 1 aromatic rings. The molecule has 0 aromatic carbocycles. The van der Waals surface area contributed by atoms with Crippen LogP contribution in [0.4, 0.5) is 0 Å². The van der Waals surface area contributed by atoms with E-state index in [9.17, 15) is 8.42 Å². The Morgan fingerprint density at radius 3 is 2.75 bits per heavy atom. The maximum atomic E-state index is 11.9. The van der Waals surface area contributed by atoms with Crippen LogP contribution in [-0.2, 0) is 16.6 Å². The molecular formula is C9H15NO3S3. The van der Waals surface area contributed by atoms with Gasteiger partial charge in [0, 0.05) is 16.7 Å². The van der Waals surface area contributed by atoms with E-state index in [2.05, 4.69) is 4.72 Å². The van der Waals surface area contributed by atoms with Crippen molar-refractivity contribution in [3.05, 3.63) is 17.0 Å². The highest BCUT2D eigenvalue weighted by atomic mass is 32.2.